The van der Waals surface area contributed by atoms with Gasteiger partial charge in [0.15, 0.2) is 12.2 Å². The summed E-state index contributed by atoms with van der Waals surface area (Å²) in [7, 11) is 0. The Kier molecular flexibility index (Phi) is 6.28. The molecule has 4 aliphatic rings. The second-order valence-electron chi connectivity index (χ2n) is 11.4. The number of fused-ring (bicyclic) bond motifs is 5. The summed E-state index contributed by atoms with van der Waals surface area (Å²) in [6, 6.07) is 0. The average Bonchev–Trinajstić information content (AvgIpc) is 2.98. The lowest BCUT2D eigenvalue weighted by Gasteiger charge is -2.59. The first-order valence-corrected chi connectivity index (χ1v) is 12.4. The number of ether oxygens (including phenoxy) is 2. The molecule has 7 heteroatoms. The molecule has 0 spiro atoms. The van der Waals surface area contributed by atoms with Gasteiger partial charge in [-0.3, -0.25) is 19.6 Å². The van der Waals surface area contributed by atoms with Gasteiger partial charge in [0, 0.05) is 25.7 Å². The number of carbonyl (C=O) groups excluding carboxylic acids is 3. The zero-order valence-electron chi connectivity index (χ0n) is 20.5. The predicted octanol–water partition coefficient (Wildman–Crippen LogP) is 4.49. The van der Waals surface area contributed by atoms with Gasteiger partial charge in [0.05, 0.1) is 0 Å². The van der Waals surface area contributed by atoms with Crippen LogP contribution in [0.1, 0.15) is 79.6 Å². The van der Waals surface area contributed by atoms with Crippen LogP contribution in [0.5, 0.6) is 0 Å². The quantitative estimate of drug-likeness (QED) is 0.278. The Hall–Kier alpha value is -1.73. The molecule has 0 bridgehead atoms. The van der Waals surface area contributed by atoms with Crippen LogP contribution in [0.2, 0.25) is 0 Å². The molecular formula is C26H38O7. The highest BCUT2D eigenvalue weighted by Crippen LogP contribution is 2.69. The zero-order valence-corrected chi connectivity index (χ0v) is 20.5. The van der Waals surface area contributed by atoms with E-state index in [2.05, 4.69) is 19.9 Å². The molecule has 3 fully saturated rings. The normalized spacial score (nSPS) is 44.1. The number of hydrogen-bond donors (Lipinski definition) is 1. The largest absolute Gasteiger partial charge is 0.462 e. The van der Waals surface area contributed by atoms with Crippen LogP contribution >= 0.6 is 0 Å². The van der Waals surface area contributed by atoms with Crippen LogP contribution in [0.4, 0.5) is 0 Å². The Bertz CT molecular complexity index is 865. The van der Waals surface area contributed by atoms with Crippen molar-refractivity contribution in [2.45, 2.75) is 91.3 Å². The molecule has 3 saturated carbocycles. The maximum atomic E-state index is 13.3. The molecule has 7 nitrogen and oxygen atoms in total. The lowest BCUT2D eigenvalue weighted by atomic mass is 9.46. The van der Waals surface area contributed by atoms with Crippen LogP contribution in [0.15, 0.2) is 11.6 Å². The molecule has 1 N–H and O–H groups in total. The van der Waals surface area contributed by atoms with Crippen LogP contribution in [0.25, 0.3) is 0 Å². The molecule has 4 rings (SSSR count). The van der Waals surface area contributed by atoms with Gasteiger partial charge in [-0.05, 0) is 67.6 Å². The summed E-state index contributed by atoms with van der Waals surface area (Å²) in [6.45, 7) is 8.78. The average molecular weight is 463 g/mol. The first-order valence-electron chi connectivity index (χ1n) is 12.4. The summed E-state index contributed by atoms with van der Waals surface area (Å²) in [5.74, 6) is -0.170. The summed E-state index contributed by atoms with van der Waals surface area (Å²) in [4.78, 5) is 41.3. The molecule has 0 aromatic carbocycles. The molecule has 0 aromatic heterocycles. The highest BCUT2D eigenvalue weighted by Gasteiger charge is 2.70. The molecule has 184 valence electrons. The third kappa shape index (κ3) is 3.57. The van der Waals surface area contributed by atoms with Crippen molar-refractivity contribution in [3.63, 3.8) is 0 Å². The van der Waals surface area contributed by atoms with E-state index in [1.807, 2.05) is 6.92 Å². The minimum absolute atomic E-state index is 0.0342. The van der Waals surface area contributed by atoms with Gasteiger partial charge in [0.1, 0.15) is 6.10 Å². The fourth-order valence-corrected chi connectivity index (χ4v) is 8.40. The van der Waals surface area contributed by atoms with Crippen LogP contribution in [-0.4, -0.2) is 41.3 Å². The Labute approximate surface area is 196 Å². The smallest absolute Gasteiger partial charge is 0.303 e. The first kappa shape index (κ1) is 24.4. The summed E-state index contributed by atoms with van der Waals surface area (Å²) in [6.07, 6.45) is 8.43. The molecule has 0 aliphatic heterocycles. The number of rotatable bonds is 5. The minimum atomic E-state index is -1.37. The van der Waals surface area contributed by atoms with Crippen LogP contribution < -0.4 is 0 Å². The maximum Gasteiger partial charge on any atom is 0.303 e. The summed E-state index contributed by atoms with van der Waals surface area (Å²) in [5, 5.41) is 10.1. The Morgan fingerprint density at radius 3 is 2.45 bits per heavy atom. The van der Waals surface area contributed by atoms with Crippen molar-refractivity contribution in [2.24, 2.45) is 34.5 Å². The van der Waals surface area contributed by atoms with E-state index < -0.39 is 17.0 Å². The topological polar surface area (TPSA) is 99.1 Å². The molecule has 0 radical (unpaired) electrons. The second-order valence-corrected chi connectivity index (χ2v) is 11.4. The molecule has 0 heterocycles. The Balaban J connectivity index is 1.62. The number of hydrogen-bond acceptors (Lipinski definition) is 7. The van der Waals surface area contributed by atoms with Crippen LogP contribution in [-0.2, 0) is 28.7 Å². The SMILES string of the molecule is CC(=O)OCC(=O)[C@@]1(OO)[C@H](C)CC2C3CC=C4CC(OC(C)=O)CC[C@]4(C)C3CC[C@@]21C. The molecule has 33 heavy (non-hydrogen) atoms. The fraction of sp³-hybridized carbons (Fsp3) is 0.808. The van der Waals surface area contributed by atoms with Crippen LogP contribution in [0.3, 0.4) is 0 Å². The van der Waals surface area contributed by atoms with Crippen LogP contribution in [0, 0.1) is 34.5 Å². The van der Waals surface area contributed by atoms with Gasteiger partial charge in [-0.25, -0.2) is 4.89 Å². The van der Waals surface area contributed by atoms with E-state index in [1.54, 1.807) is 0 Å². The third-order valence-electron chi connectivity index (χ3n) is 9.90. The van der Waals surface area contributed by atoms with Crippen molar-refractivity contribution in [3.05, 3.63) is 11.6 Å². The minimum Gasteiger partial charge on any atom is -0.462 e. The van der Waals surface area contributed by atoms with E-state index in [9.17, 15) is 19.6 Å². The van der Waals surface area contributed by atoms with Gasteiger partial charge < -0.3 is 9.47 Å². The lowest BCUT2D eigenvalue weighted by Crippen LogP contribution is -2.60. The summed E-state index contributed by atoms with van der Waals surface area (Å²) < 4.78 is 10.6. The summed E-state index contributed by atoms with van der Waals surface area (Å²) in [5.41, 5.74) is -0.421. The number of allylic oxidation sites excluding steroid dienone is 1. The van der Waals surface area contributed by atoms with E-state index in [-0.39, 0.29) is 41.7 Å². The van der Waals surface area contributed by atoms with E-state index >= 15 is 0 Å². The summed E-state index contributed by atoms with van der Waals surface area (Å²) >= 11 is 0. The zero-order chi connectivity index (χ0) is 24.2. The van der Waals surface area contributed by atoms with Crippen molar-refractivity contribution < 1.29 is 34.0 Å². The van der Waals surface area contributed by atoms with E-state index in [4.69, 9.17) is 14.4 Å². The van der Waals surface area contributed by atoms with E-state index in [1.165, 1.54) is 19.4 Å². The van der Waals surface area contributed by atoms with Gasteiger partial charge >= 0.3 is 11.9 Å². The number of esters is 2. The maximum absolute atomic E-state index is 13.3. The third-order valence-corrected chi connectivity index (χ3v) is 9.90. The predicted molar refractivity (Wildman–Crippen MR) is 120 cm³/mol. The fourth-order valence-electron chi connectivity index (χ4n) is 8.40. The first-order chi connectivity index (χ1) is 15.5. The van der Waals surface area contributed by atoms with Gasteiger partial charge in [-0.1, -0.05) is 32.4 Å². The number of ketones is 1. The van der Waals surface area contributed by atoms with Crippen molar-refractivity contribution in [3.8, 4) is 0 Å². The number of Topliss-reactive ketones (excluding diaryl/α,β-unsaturated/α-hetero) is 1. The Morgan fingerprint density at radius 2 is 1.82 bits per heavy atom. The lowest BCUT2D eigenvalue weighted by molar-refractivity contribution is -0.348. The van der Waals surface area contributed by atoms with Gasteiger partial charge in [-0.2, -0.15) is 0 Å². The standard InChI is InChI=1S/C26H38O7/c1-15-12-22-20-7-6-18-13-19(32-17(3)28)8-10-24(18,4)21(20)9-11-25(22,5)26(15,33-30)23(29)14-31-16(2)27/h6,15,19-22,30H,7-14H2,1-5H3/t15-,19?,20?,21?,22?,24+,25+,26+/m1/s1. The van der Waals surface area contributed by atoms with Crippen molar-refractivity contribution in [1.29, 1.82) is 0 Å². The van der Waals surface area contributed by atoms with Gasteiger partial charge in [0.2, 0.25) is 5.78 Å². The van der Waals surface area contributed by atoms with Gasteiger partial charge in [-0.15, -0.1) is 0 Å². The Morgan fingerprint density at radius 1 is 1.09 bits per heavy atom. The molecule has 4 unspecified atom stereocenters. The highest BCUT2D eigenvalue weighted by atomic mass is 17.1. The molecule has 8 atom stereocenters. The molecular weight excluding hydrogens is 424 g/mol. The molecule has 4 aliphatic carbocycles. The van der Waals surface area contributed by atoms with Crippen molar-refractivity contribution >= 4 is 17.7 Å². The molecule has 0 aromatic rings. The molecule has 0 saturated heterocycles. The monoisotopic (exact) mass is 462 g/mol. The molecule has 0 amide bonds. The van der Waals surface area contributed by atoms with Crippen molar-refractivity contribution in [2.75, 3.05) is 6.61 Å². The second kappa shape index (κ2) is 8.49. The van der Waals surface area contributed by atoms with E-state index in [0.29, 0.717) is 11.8 Å². The van der Waals surface area contributed by atoms with E-state index in [0.717, 1.165) is 44.9 Å². The highest BCUT2D eigenvalue weighted by molar-refractivity contribution is 5.91. The number of carbonyl (C=O) groups is 3. The van der Waals surface area contributed by atoms with Crippen molar-refractivity contribution in [1.82, 2.24) is 0 Å². The van der Waals surface area contributed by atoms with Gasteiger partial charge in [0.25, 0.3) is 0 Å².